The number of fused-ring (bicyclic) bond motifs is 1. The maximum absolute atomic E-state index is 12.0. The fraction of sp³-hybridized carbons (Fsp3) is 0.583. The van der Waals surface area contributed by atoms with Gasteiger partial charge in [0.25, 0.3) is 0 Å². The molecule has 0 aromatic carbocycles. The first-order chi connectivity index (χ1) is 10.3. The zero-order chi connectivity index (χ0) is 16.6. The maximum Gasteiger partial charge on any atom is 0.353 e. The lowest BCUT2D eigenvalue weighted by molar-refractivity contribution is -0.156. The van der Waals surface area contributed by atoms with Crippen molar-refractivity contribution in [2.45, 2.75) is 24.4 Å². The van der Waals surface area contributed by atoms with Gasteiger partial charge in [-0.2, -0.15) is 0 Å². The third-order valence-corrected chi connectivity index (χ3v) is 4.90. The molecule has 1 fully saturated rings. The number of hydrogen-bond donors (Lipinski definition) is 5. The first-order valence-corrected chi connectivity index (χ1v) is 7.46. The van der Waals surface area contributed by atoms with Crippen molar-refractivity contribution in [3.8, 4) is 0 Å². The van der Waals surface area contributed by atoms with Gasteiger partial charge in [0.2, 0.25) is 11.8 Å². The summed E-state index contributed by atoms with van der Waals surface area (Å²) in [7, 11) is 0. The van der Waals surface area contributed by atoms with Crippen molar-refractivity contribution in [1.29, 1.82) is 0 Å². The highest BCUT2D eigenvalue weighted by atomic mass is 32.2. The van der Waals surface area contributed by atoms with E-state index in [1.165, 1.54) is 6.92 Å². The lowest BCUT2D eigenvalue weighted by Crippen LogP contribution is -2.60. The number of aliphatic hydroxyl groups is 2. The van der Waals surface area contributed by atoms with E-state index in [9.17, 15) is 24.6 Å². The van der Waals surface area contributed by atoms with Gasteiger partial charge >= 0.3 is 5.97 Å². The molecule has 4 atom stereocenters. The van der Waals surface area contributed by atoms with Crippen molar-refractivity contribution in [3.63, 3.8) is 0 Å². The second-order valence-corrected chi connectivity index (χ2v) is 6.28. The summed E-state index contributed by atoms with van der Waals surface area (Å²) < 4.78 is 0. The summed E-state index contributed by atoms with van der Waals surface area (Å²) >= 11 is 1.12. The van der Waals surface area contributed by atoms with Crippen molar-refractivity contribution in [2.75, 3.05) is 13.2 Å². The van der Waals surface area contributed by atoms with E-state index in [2.05, 4.69) is 5.32 Å². The van der Waals surface area contributed by atoms with Gasteiger partial charge in [0.1, 0.15) is 17.1 Å². The molecule has 0 aromatic heterocycles. The van der Waals surface area contributed by atoms with Crippen LogP contribution in [0.25, 0.3) is 0 Å². The normalized spacial score (nSPS) is 26.4. The number of carboxylic acid groups (broad SMARTS) is 1. The first kappa shape index (κ1) is 16.7. The molecule has 1 saturated heterocycles. The summed E-state index contributed by atoms with van der Waals surface area (Å²) in [5.41, 5.74) is 5.16. The largest absolute Gasteiger partial charge is 0.477 e. The number of rotatable bonds is 6. The highest BCUT2D eigenvalue weighted by molar-refractivity contribution is 8.04. The van der Waals surface area contributed by atoms with Gasteiger partial charge in [-0.15, -0.1) is 0 Å². The Kier molecular flexibility index (Phi) is 4.75. The third kappa shape index (κ3) is 2.70. The predicted octanol–water partition coefficient (Wildman–Crippen LogP) is -2.37. The van der Waals surface area contributed by atoms with Gasteiger partial charge in [-0.25, -0.2) is 4.79 Å². The zero-order valence-corrected chi connectivity index (χ0v) is 12.5. The van der Waals surface area contributed by atoms with Crippen molar-refractivity contribution in [1.82, 2.24) is 10.2 Å². The number of amides is 2. The Morgan fingerprint density at radius 2 is 2.14 bits per heavy atom. The van der Waals surface area contributed by atoms with Crippen molar-refractivity contribution >= 4 is 29.5 Å². The quantitative estimate of drug-likeness (QED) is 0.338. The van der Waals surface area contributed by atoms with Crippen LogP contribution < -0.4 is 11.1 Å². The van der Waals surface area contributed by atoms with Crippen LogP contribution in [0.3, 0.4) is 0 Å². The second-order valence-electron chi connectivity index (χ2n) is 5.07. The Bertz CT molecular complexity index is 549. The molecule has 0 aromatic rings. The molecular weight excluding hydrogens is 314 g/mol. The van der Waals surface area contributed by atoms with E-state index in [1.54, 1.807) is 0 Å². The molecule has 2 amide bonds. The molecule has 6 N–H and O–H groups in total. The van der Waals surface area contributed by atoms with Crippen LogP contribution in [0.15, 0.2) is 10.6 Å². The van der Waals surface area contributed by atoms with Crippen LogP contribution in [0.1, 0.15) is 6.92 Å². The van der Waals surface area contributed by atoms with Crippen LogP contribution in [-0.2, 0) is 14.4 Å². The minimum atomic E-state index is -1.27. The highest BCUT2D eigenvalue weighted by Crippen LogP contribution is 2.49. The van der Waals surface area contributed by atoms with Gasteiger partial charge in [-0.05, 0) is 6.92 Å². The number of carbonyl (C=O) groups excluding carboxylic acids is 2. The van der Waals surface area contributed by atoms with E-state index >= 15 is 0 Å². The van der Waals surface area contributed by atoms with E-state index in [0.717, 1.165) is 16.7 Å². The lowest BCUT2D eigenvalue weighted by Gasteiger charge is -2.43. The van der Waals surface area contributed by atoms with Crippen LogP contribution in [-0.4, -0.2) is 68.7 Å². The van der Waals surface area contributed by atoms with E-state index < -0.39 is 47.8 Å². The first-order valence-electron chi connectivity index (χ1n) is 6.58. The average molecular weight is 331 g/mol. The zero-order valence-electron chi connectivity index (χ0n) is 11.7. The summed E-state index contributed by atoms with van der Waals surface area (Å²) in [5, 5.41) is 29.6. The van der Waals surface area contributed by atoms with Crippen LogP contribution in [0.2, 0.25) is 0 Å². The molecular formula is C12H17N3O6S. The van der Waals surface area contributed by atoms with Crippen molar-refractivity contribution in [3.05, 3.63) is 10.6 Å². The molecule has 9 nitrogen and oxygen atoms in total. The van der Waals surface area contributed by atoms with Crippen molar-refractivity contribution in [2.24, 2.45) is 11.7 Å². The van der Waals surface area contributed by atoms with E-state index in [1.807, 2.05) is 0 Å². The predicted molar refractivity (Wildman–Crippen MR) is 76.1 cm³/mol. The molecule has 2 heterocycles. The van der Waals surface area contributed by atoms with Crippen LogP contribution in [0.5, 0.6) is 0 Å². The van der Waals surface area contributed by atoms with Gasteiger partial charge < -0.3 is 26.4 Å². The summed E-state index contributed by atoms with van der Waals surface area (Å²) in [6, 6.07) is -1.09. The number of hydrogen-bond acceptors (Lipinski definition) is 7. The van der Waals surface area contributed by atoms with Gasteiger partial charge in [0, 0.05) is 4.91 Å². The van der Waals surface area contributed by atoms with Crippen LogP contribution >= 0.6 is 11.8 Å². The van der Waals surface area contributed by atoms with Crippen LogP contribution in [0, 0.1) is 5.92 Å². The Labute approximate surface area is 130 Å². The average Bonchev–Trinajstić information content (AvgIpc) is 2.77. The topological polar surface area (TPSA) is 153 Å². The fourth-order valence-corrected chi connectivity index (χ4v) is 3.91. The molecule has 0 saturated carbocycles. The molecule has 0 unspecified atom stereocenters. The number of aliphatic carboxylic acids is 1. The number of β-lactam (4-membered cyclic amide) rings is 1. The molecule has 0 spiro atoms. The molecule has 122 valence electrons. The fourth-order valence-electron chi connectivity index (χ4n) is 2.36. The Balaban J connectivity index is 2.12. The minimum absolute atomic E-state index is 0.106. The van der Waals surface area contributed by atoms with E-state index in [4.69, 9.17) is 10.8 Å². The highest BCUT2D eigenvalue weighted by Gasteiger charge is 2.57. The Morgan fingerprint density at radius 3 is 2.64 bits per heavy atom. The third-order valence-electron chi connectivity index (χ3n) is 3.53. The molecule has 0 radical (unpaired) electrons. The Morgan fingerprint density at radius 1 is 1.50 bits per heavy atom. The van der Waals surface area contributed by atoms with E-state index in [0.29, 0.717) is 4.91 Å². The van der Waals surface area contributed by atoms with E-state index in [-0.39, 0.29) is 12.2 Å². The molecule has 22 heavy (non-hydrogen) atoms. The van der Waals surface area contributed by atoms with Gasteiger partial charge in [0.15, 0.2) is 0 Å². The second kappa shape index (κ2) is 6.24. The maximum atomic E-state index is 12.0. The number of nitrogens with two attached hydrogens (primary N) is 1. The van der Waals surface area contributed by atoms with Crippen LogP contribution in [0.4, 0.5) is 0 Å². The minimum Gasteiger partial charge on any atom is -0.477 e. The Hall–Kier alpha value is -1.62. The van der Waals surface area contributed by atoms with Gasteiger partial charge in [-0.3, -0.25) is 14.5 Å². The van der Waals surface area contributed by atoms with Gasteiger partial charge in [-0.1, -0.05) is 11.8 Å². The summed E-state index contributed by atoms with van der Waals surface area (Å²) in [6.45, 7) is 0.841. The molecule has 10 heteroatoms. The number of nitrogens with one attached hydrogen (secondary N) is 1. The molecule has 2 aliphatic rings. The molecule has 0 bridgehead atoms. The number of nitrogens with zero attached hydrogens (tertiary/aromatic N) is 1. The van der Waals surface area contributed by atoms with Crippen molar-refractivity contribution < 1.29 is 29.7 Å². The lowest BCUT2D eigenvalue weighted by atomic mass is 9.92. The number of aliphatic hydroxyl groups excluding tert-OH is 2. The molecule has 0 aliphatic carbocycles. The SMILES string of the molecule is C[C@@H](O)[C@H]1C(=O)N2C(C(=O)O)=C(CNC(=O)[C@H](N)CO)S[C@H]12. The summed E-state index contributed by atoms with van der Waals surface area (Å²) in [5.74, 6) is -3.00. The smallest absolute Gasteiger partial charge is 0.353 e. The number of carbonyl (C=O) groups is 3. The standard InChI is InChI=1S/C12H17N3O6S/c1-4(17)7-10(19)15-8(12(20)21)6(22-11(7)15)2-14-9(18)5(13)3-16/h4-5,7,11,16-17H,2-3,13H2,1H3,(H,14,18)(H,20,21)/t4-,5-,7+,11-/m1/s1. The summed E-state index contributed by atoms with van der Waals surface area (Å²) in [4.78, 5) is 36.3. The number of carboxylic acids is 1. The van der Waals surface area contributed by atoms with Gasteiger partial charge in [0.05, 0.1) is 25.2 Å². The number of thioether (sulfide) groups is 1. The summed E-state index contributed by atoms with van der Waals surface area (Å²) in [6.07, 6.45) is -0.881. The monoisotopic (exact) mass is 331 g/mol. The molecule has 2 rings (SSSR count). The molecule has 2 aliphatic heterocycles.